The van der Waals surface area contributed by atoms with Gasteiger partial charge in [0.25, 0.3) is 0 Å². The fourth-order valence-corrected chi connectivity index (χ4v) is 3.47. The van der Waals surface area contributed by atoms with Gasteiger partial charge in [-0.05, 0) is 43.9 Å². The number of ether oxygens (including phenoxy) is 1. The number of alkyl halides is 1. The van der Waals surface area contributed by atoms with Crippen molar-refractivity contribution < 1.29 is 4.74 Å². The van der Waals surface area contributed by atoms with Gasteiger partial charge in [0.1, 0.15) is 0 Å². The van der Waals surface area contributed by atoms with E-state index in [-0.39, 0.29) is 5.60 Å². The molecule has 0 amide bonds. The van der Waals surface area contributed by atoms with E-state index in [0.717, 1.165) is 25.4 Å². The SMILES string of the molecule is CC1CCC2(CC(Cl)CCO2)C(C)C1. The normalized spacial score (nSPS) is 49.5. The summed E-state index contributed by atoms with van der Waals surface area (Å²) in [5.41, 5.74) is 0.136. The summed E-state index contributed by atoms with van der Waals surface area (Å²) in [4.78, 5) is 0. The van der Waals surface area contributed by atoms with Crippen LogP contribution >= 0.6 is 11.6 Å². The van der Waals surface area contributed by atoms with Gasteiger partial charge in [-0.25, -0.2) is 0 Å². The summed E-state index contributed by atoms with van der Waals surface area (Å²) in [5, 5.41) is 0.347. The van der Waals surface area contributed by atoms with E-state index in [0.29, 0.717) is 11.3 Å². The molecule has 0 aromatic rings. The number of hydrogen-bond acceptors (Lipinski definition) is 1. The summed E-state index contributed by atoms with van der Waals surface area (Å²) in [6.45, 7) is 5.56. The van der Waals surface area contributed by atoms with E-state index >= 15 is 0 Å². The second-order valence-electron chi connectivity index (χ2n) is 5.28. The van der Waals surface area contributed by atoms with Gasteiger partial charge in [-0.1, -0.05) is 13.8 Å². The van der Waals surface area contributed by atoms with Crippen LogP contribution in [0.1, 0.15) is 46.0 Å². The van der Waals surface area contributed by atoms with E-state index in [4.69, 9.17) is 16.3 Å². The van der Waals surface area contributed by atoms with Gasteiger partial charge in [0.05, 0.1) is 5.60 Å². The lowest BCUT2D eigenvalue weighted by Crippen LogP contribution is -2.48. The molecule has 1 aliphatic heterocycles. The molecule has 4 atom stereocenters. The number of rotatable bonds is 0. The van der Waals surface area contributed by atoms with Gasteiger partial charge in [0, 0.05) is 12.0 Å². The Balaban J connectivity index is 2.06. The standard InChI is InChI=1S/C12H21ClO/c1-9-3-5-12(10(2)7-9)8-11(13)4-6-14-12/h9-11H,3-8H2,1-2H3. The van der Waals surface area contributed by atoms with Crippen LogP contribution in [0.2, 0.25) is 0 Å². The van der Waals surface area contributed by atoms with Crippen molar-refractivity contribution in [2.45, 2.75) is 56.9 Å². The average molecular weight is 217 g/mol. The van der Waals surface area contributed by atoms with Gasteiger partial charge in [-0.2, -0.15) is 0 Å². The van der Waals surface area contributed by atoms with Crippen molar-refractivity contribution in [2.75, 3.05) is 6.61 Å². The first kappa shape index (κ1) is 10.8. The first-order valence-electron chi connectivity index (χ1n) is 5.90. The maximum absolute atomic E-state index is 6.26. The summed E-state index contributed by atoms with van der Waals surface area (Å²) in [5.74, 6) is 1.56. The third-order valence-electron chi connectivity index (χ3n) is 4.10. The lowest BCUT2D eigenvalue weighted by Gasteiger charge is -2.48. The van der Waals surface area contributed by atoms with Crippen molar-refractivity contribution >= 4 is 11.6 Å². The molecule has 0 bridgehead atoms. The highest BCUT2D eigenvalue weighted by atomic mass is 35.5. The van der Waals surface area contributed by atoms with Crippen LogP contribution in [0.5, 0.6) is 0 Å². The Morgan fingerprint density at radius 3 is 2.71 bits per heavy atom. The molecule has 1 aliphatic carbocycles. The van der Waals surface area contributed by atoms with Gasteiger partial charge in [0.15, 0.2) is 0 Å². The molecule has 1 spiro atoms. The highest BCUT2D eigenvalue weighted by Gasteiger charge is 2.44. The van der Waals surface area contributed by atoms with Gasteiger partial charge in [0.2, 0.25) is 0 Å². The molecule has 2 aliphatic rings. The molecule has 4 unspecified atom stereocenters. The first-order chi connectivity index (χ1) is 6.62. The largest absolute Gasteiger partial charge is 0.375 e. The van der Waals surface area contributed by atoms with Crippen LogP contribution < -0.4 is 0 Å². The molecule has 82 valence electrons. The maximum atomic E-state index is 6.26. The Morgan fingerprint density at radius 2 is 2.07 bits per heavy atom. The van der Waals surface area contributed by atoms with E-state index < -0.39 is 0 Å². The van der Waals surface area contributed by atoms with Gasteiger partial charge >= 0.3 is 0 Å². The molecular formula is C12H21ClO. The summed E-state index contributed by atoms with van der Waals surface area (Å²) < 4.78 is 6.05. The van der Waals surface area contributed by atoms with Crippen LogP contribution in [0.15, 0.2) is 0 Å². The van der Waals surface area contributed by atoms with Crippen molar-refractivity contribution in [2.24, 2.45) is 11.8 Å². The third-order valence-corrected chi connectivity index (χ3v) is 4.47. The summed E-state index contributed by atoms with van der Waals surface area (Å²) in [6.07, 6.45) is 5.95. The highest BCUT2D eigenvalue weighted by Crippen LogP contribution is 2.45. The number of halogens is 1. The molecule has 1 nitrogen and oxygen atoms in total. The van der Waals surface area contributed by atoms with Gasteiger partial charge < -0.3 is 4.74 Å². The molecule has 0 radical (unpaired) electrons. The predicted molar refractivity (Wildman–Crippen MR) is 59.7 cm³/mol. The van der Waals surface area contributed by atoms with Crippen LogP contribution in [-0.2, 0) is 4.74 Å². The minimum absolute atomic E-state index is 0.136. The second-order valence-corrected chi connectivity index (χ2v) is 5.90. The molecule has 0 N–H and O–H groups in total. The lowest BCUT2D eigenvalue weighted by molar-refractivity contribution is -0.135. The minimum Gasteiger partial charge on any atom is -0.375 e. The van der Waals surface area contributed by atoms with Crippen molar-refractivity contribution in [1.29, 1.82) is 0 Å². The zero-order chi connectivity index (χ0) is 10.2. The van der Waals surface area contributed by atoms with E-state index in [1.807, 2.05) is 0 Å². The quantitative estimate of drug-likeness (QED) is 0.563. The van der Waals surface area contributed by atoms with Crippen LogP contribution in [0.25, 0.3) is 0 Å². The van der Waals surface area contributed by atoms with E-state index in [1.165, 1.54) is 19.3 Å². The molecule has 2 fully saturated rings. The Kier molecular flexibility index (Phi) is 3.09. The zero-order valence-corrected chi connectivity index (χ0v) is 10.0. The van der Waals surface area contributed by atoms with Crippen LogP contribution in [0.4, 0.5) is 0 Å². The lowest BCUT2D eigenvalue weighted by atomic mass is 9.69. The van der Waals surface area contributed by atoms with E-state index in [9.17, 15) is 0 Å². The molecule has 2 rings (SSSR count). The van der Waals surface area contributed by atoms with Crippen molar-refractivity contribution in [3.63, 3.8) is 0 Å². The topological polar surface area (TPSA) is 9.23 Å². The molecule has 2 heteroatoms. The van der Waals surface area contributed by atoms with Gasteiger partial charge in [-0.3, -0.25) is 0 Å². The minimum atomic E-state index is 0.136. The molecule has 0 aromatic carbocycles. The second kappa shape index (κ2) is 4.02. The third kappa shape index (κ3) is 1.94. The average Bonchev–Trinajstić information content (AvgIpc) is 2.13. The van der Waals surface area contributed by atoms with Crippen molar-refractivity contribution in [3.8, 4) is 0 Å². The first-order valence-corrected chi connectivity index (χ1v) is 6.34. The highest BCUT2D eigenvalue weighted by molar-refractivity contribution is 6.20. The molecular weight excluding hydrogens is 196 g/mol. The van der Waals surface area contributed by atoms with Crippen LogP contribution in [0, 0.1) is 11.8 Å². The van der Waals surface area contributed by atoms with Gasteiger partial charge in [-0.15, -0.1) is 11.6 Å². The fourth-order valence-electron chi connectivity index (χ4n) is 3.12. The molecule has 1 saturated carbocycles. The monoisotopic (exact) mass is 216 g/mol. The number of hydrogen-bond donors (Lipinski definition) is 0. The fraction of sp³-hybridized carbons (Fsp3) is 1.00. The van der Waals surface area contributed by atoms with Crippen LogP contribution in [-0.4, -0.2) is 17.6 Å². The van der Waals surface area contributed by atoms with Crippen molar-refractivity contribution in [3.05, 3.63) is 0 Å². The van der Waals surface area contributed by atoms with E-state index in [1.54, 1.807) is 0 Å². The molecule has 1 saturated heterocycles. The van der Waals surface area contributed by atoms with Crippen molar-refractivity contribution in [1.82, 2.24) is 0 Å². The zero-order valence-electron chi connectivity index (χ0n) is 9.26. The molecule has 0 aromatic heterocycles. The summed E-state index contributed by atoms with van der Waals surface area (Å²) >= 11 is 6.26. The predicted octanol–water partition coefficient (Wildman–Crippen LogP) is 3.60. The summed E-state index contributed by atoms with van der Waals surface area (Å²) in [7, 11) is 0. The van der Waals surface area contributed by atoms with Crippen LogP contribution in [0.3, 0.4) is 0 Å². The Bertz CT molecular complexity index is 206. The van der Waals surface area contributed by atoms with E-state index in [2.05, 4.69) is 13.8 Å². The summed E-state index contributed by atoms with van der Waals surface area (Å²) in [6, 6.07) is 0. The maximum Gasteiger partial charge on any atom is 0.0722 e. The Labute approximate surface area is 92.2 Å². The Morgan fingerprint density at radius 1 is 1.29 bits per heavy atom. The smallest absolute Gasteiger partial charge is 0.0722 e. The Hall–Kier alpha value is 0.250. The molecule has 14 heavy (non-hydrogen) atoms. The molecule has 1 heterocycles.